The zero-order chi connectivity index (χ0) is 9.84. The van der Waals surface area contributed by atoms with Crippen molar-refractivity contribution in [2.24, 2.45) is 0 Å². The summed E-state index contributed by atoms with van der Waals surface area (Å²) in [6.45, 7) is 1.80. The van der Waals surface area contributed by atoms with Crippen LogP contribution in [0, 0.1) is 0 Å². The summed E-state index contributed by atoms with van der Waals surface area (Å²) in [7, 11) is 0. The summed E-state index contributed by atoms with van der Waals surface area (Å²) in [6.07, 6.45) is 3.72. The van der Waals surface area contributed by atoms with Crippen LogP contribution in [0.2, 0.25) is 0 Å². The van der Waals surface area contributed by atoms with Gasteiger partial charge in [0, 0.05) is 9.79 Å². The molecule has 0 saturated carbocycles. The van der Waals surface area contributed by atoms with Crippen LogP contribution in [0.4, 0.5) is 0 Å². The number of rotatable bonds is 3. The molecule has 0 amide bonds. The van der Waals surface area contributed by atoms with Gasteiger partial charge in [0.15, 0.2) is 0 Å². The van der Waals surface area contributed by atoms with Gasteiger partial charge in [0.25, 0.3) is 0 Å². The van der Waals surface area contributed by atoms with Crippen LogP contribution in [0.3, 0.4) is 0 Å². The third-order valence-electron chi connectivity index (χ3n) is 1.88. The Hall–Kier alpha value is -0.120. The van der Waals surface area contributed by atoms with Crippen LogP contribution in [-0.2, 0) is 0 Å². The molecule has 0 aromatic heterocycles. The van der Waals surface area contributed by atoms with E-state index in [4.69, 9.17) is 0 Å². The van der Waals surface area contributed by atoms with Crippen molar-refractivity contribution in [1.29, 1.82) is 0 Å². The lowest BCUT2D eigenvalue weighted by atomic mass is 10.1. The lowest BCUT2D eigenvalue weighted by molar-refractivity contribution is 0.196. The van der Waals surface area contributed by atoms with Crippen molar-refractivity contribution < 1.29 is 5.11 Å². The molecule has 1 atom stereocenters. The Kier molecular flexibility index (Phi) is 4.16. The maximum atomic E-state index is 9.53. The minimum Gasteiger partial charge on any atom is -0.389 e. The SMILES string of the molecule is CSc1cccc(C(C)O)c1SC. The predicted octanol–water partition coefficient (Wildman–Crippen LogP) is 3.18. The largest absolute Gasteiger partial charge is 0.389 e. The van der Waals surface area contributed by atoms with Crippen LogP contribution >= 0.6 is 23.5 Å². The third-order valence-corrected chi connectivity index (χ3v) is 3.66. The first-order valence-electron chi connectivity index (χ1n) is 4.09. The molecule has 1 rings (SSSR count). The Morgan fingerprint density at radius 1 is 1.23 bits per heavy atom. The van der Waals surface area contributed by atoms with Gasteiger partial charge in [-0.25, -0.2) is 0 Å². The monoisotopic (exact) mass is 214 g/mol. The molecule has 1 nitrogen and oxygen atoms in total. The molecule has 0 saturated heterocycles. The summed E-state index contributed by atoms with van der Waals surface area (Å²) in [5.41, 5.74) is 1.03. The lowest BCUT2D eigenvalue weighted by Gasteiger charge is -2.12. The highest BCUT2D eigenvalue weighted by Crippen LogP contribution is 2.34. The standard InChI is InChI=1S/C10H14OS2/c1-7(11)8-5-4-6-9(12-2)10(8)13-3/h4-7,11H,1-3H3. The van der Waals surface area contributed by atoms with E-state index in [0.717, 1.165) is 5.56 Å². The number of thioether (sulfide) groups is 2. The molecule has 72 valence electrons. The van der Waals surface area contributed by atoms with E-state index < -0.39 is 0 Å². The van der Waals surface area contributed by atoms with Gasteiger partial charge in [-0.3, -0.25) is 0 Å². The fourth-order valence-electron chi connectivity index (χ4n) is 1.24. The molecule has 1 N–H and O–H groups in total. The fraction of sp³-hybridized carbons (Fsp3) is 0.400. The van der Waals surface area contributed by atoms with Gasteiger partial charge < -0.3 is 5.11 Å². The van der Waals surface area contributed by atoms with E-state index in [-0.39, 0.29) is 6.10 Å². The zero-order valence-electron chi connectivity index (χ0n) is 8.07. The van der Waals surface area contributed by atoms with Crippen LogP contribution in [0.25, 0.3) is 0 Å². The van der Waals surface area contributed by atoms with Gasteiger partial charge in [-0.05, 0) is 31.1 Å². The normalized spacial score (nSPS) is 12.9. The first kappa shape index (κ1) is 11.0. The molecule has 0 fully saturated rings. The van der Waals surface area contributed by atoms with E-state index in [1.54, 1.807) is 30.4 Å². The van der Waals surface area contributed by atoms with E-state index in [1.807, 2.05) is 18.4 Å². The first-order valence-corrected chi connectivity index (χ1v) is 6.54. The highest BCUT2D eigenvalue weighted by molar-refractivity contribution is 8.01. The number of aliphatic hydroxyl groups is 1. The Morgan fingerprint density at radius 2 is 1.92 bits per heavy atom. The van der Waals surface area contributed by atoms with Crippen molar-refractivity contribution in [3.63, 3.8) is 0 Å². The maximum absolute atomic E-state index is 9.53. The zero-order valence-corrected chi connectivity index (χ0v) is 9.71. The van der Waals surface area contributed by atoms with Crippen molar-refractivity contribution >= 4 is 23.5 Å². The fourth-order valence-corrected chi connectivity index (χ4v) is 3.00. The second-order valence-electron chi connectivity index (χ2n) is 2.76. The van der Waals surface area contributed by atoms with Crippen molar-refractivity contribution in [2.45, 2.75) is 22.8 Å². The quantitative estimate of drug-likeness (QED) is 0.780. The van der Waals surface area contributed by atoms with E-state index >= 15 is 0 Å². The average Bonchev–Trinajstić information content (AvgIpc) is 2.16. The van der Waals surface area contributed by atoms with Crippen molar-refractivity contribution in [3.8, 4) is 0 Å². The molecule has 0 spiro atoms. The van der Waals surface area contributed by atoms with E-state index in [0.29, 0.717) is 0 Å². The second-order valence-corrected chi connectivity index (χ2v) is 4.42. The summed E-state index contributed by atoms with van der Waals surface area (Å²) in [5, 5.41) is 9.53. The molecule has 0 bridgehead atoms. The summed E-state index contributed by atoms with van der Waals surface area (Å²) in [5.74, 6) is 0. The van der Waals surface area contributed by atoms with Gasteiger partial charge in [0.05, 0.1) is 6.10 Å². The van der Waals surface area contributed by atoms with Crippen LogP contribution in [0.15, 0.2) is 28.0 Å². The molecule has 0 aliphatic rings. The third kappa shape index (κ3) is 2.42. The molecule has 0 radical (unpaired) electrons. The van der Waals surface area contributed by atoms with E-state index in [1.165, 1.54) is 9.79 Å². The van der Waals surface area contributed by atoms with Crippen LogP contribution < -0.4 is 0 Å². The summed E-state index contributed by atoms with van der Waals surface area (Å²) >= 11 is 3.41. The molecular formula is C10H14OS2. The molecule has 13 heavy (non-hydrogen) atoms. The van der Waals surface area contributed by atoms with Gasteiger partial charge in [0.2, 0.25) is 0 Å². The molecule has 1 aromatic carbocycles. The minimum atomic E-state index is -0.380. The molecule has 0 aliphatic carbocycles. The first-order chi connectivity index (χ1) is 6.20. The predicted molar refractivity (Wildman–Crippen MR) is 60.6 cm³/mol. The summed E-state index contributed by atoms with van der Waals surface area (Å²) in [6, 6.07) is 6.06. The average molecular weight is 214 g/mol. The number of benzene rings is 1. The van der Waals surface area contributed by atoms with Gasteiger partial charge in [-0.1, -0.05) is 12.1 Å². The van der Waals surface area contributed by atoms with Gasteiger partial charge >= 0.3 is 0 Å². The number of hydrogen-bond donors (Lipinski definition) is 1. The molecule has 1 unspecified atom stereocenters. The Bertz CT molecular complexity index is 284. The van der Waals surface area contributed by atoms with Gasteiger partial charge in [-0.15, -0.1) is 23.5 Å². The van der Waals surface area contributed by atoms with Crippen LogP contribution in [-0.4, -0.2) is 17.6 Å². The van der Waals surface area contributed by atoms with Crippen molar-refractivity contribution in [3.05, 3.63) is 23.8 Å². The van der Waals surface area contributed by atoms with Crippen LogP contribution in [0.5, 0.6) is 0 Å². The minimum absolute atomic E-state index is 0.380. The summed E-state index contributed by atoms with van der Waals surface area (Å²) < 4.78 is 0. The van der Waals surface area contributed by atoms with Gasteiger partial charge in [0.1, 0.15) is 0 Å². The smallest absolute Gasteiger partial charge is 0.0773 e. The number of aliphatic hydroxyl groups excluding tert-OH is 1. The van der Waals surface area contributed by atoms with E-state index in [2.05, 4.69) is 12.3 Å². The maximum Gasteiger partial charge on any atom is 0.0773 e. The Morgan fingerprint density at radius 3 is 2.38 bits per heavy atom. The molecular weight excluding hydrogens is 200 g/mol. The van der Waals surface area contributed by atoms with Crippen molar-refractivity contribution in [1.82, 2.24) is 0 Å². The highest BCUT2D eigenvalue weighted by Gasteiger charge is 2.10. The highest BCUT2D eigenvalue weighted by atomic mass is 32.2. The molecule has 0 aliphatic heterocycles. The second kappa shape index (κ2) is 4.94. The van der Waals surface area contributed by atoms with E-state index in [9.17, 15) is 5.11 Å². The lowest BCUT2D eigenvalue weighted by Crippen LogP contribution is -1.94. The van der Waals surface area contributed by atoms with Gasteiger partial charge in [-0.2, -0.15) is 0 Å². The Labute approximate surface area is 87.9 Å². The molecule has 1 aromatic rings. The molecule has 0 heterocycles. The van der Waals surface area contributed by atoms with Crippen molar-refractivity contribution in [2.75, 3.05) is 12.5 Å². The summed E-state index contributed by atoms with van der Waals surface area (Å²) in [4.78, 5) is 2.44. The number of hydrogen-bond acceptors (Lipinski definition) is 3. The van der Waals surface area contributed by atoms with Crippen LogP contribution in [0.1, 0.15) is 18.6 Å². The molecule has 3 heteroatoms. The topological polar surface area (TPSA) is 20.2 Å². The Balaban J connectivity index is 3.19.